The van der Waals surface area contributed by atoms with E-state index in [2.05, 4.69) is 161 Å². The van der Waals surface area contributed by atoms with Crippen molar-refractivity contribution in [3.63, 3.8) is 0 Å². The van der Waals surface area contributed by atoms with E-state index in [9.17, 15) is 0 Å². The van der Waals surface area contributed by atoms with Crippen molar-refractivity contribution in [2.75, 3.05) is 0 Å². The molecule has 3 heterocycles. The zero-order valence-electron chi connectivity index (χ0n) is 28.1. The molecule has 11 rings (SSSR count). The molecule has 4 nitrogen and oxygen atoms in total. The second-order valence-electron chi connectivity index (χ2n) is 13.4. The summed E-state index contributed by atoms with van der Waals surface area (Å²) in [5, 5.41) is 7.32. The van der Waals surface area contributed by atoms with Gasteiger partial charge in [-0.2, -0.15) is 0 Å². The van der Waals surface area contributed by atoms with Crippen LogP contribution in [0, 0.1) is 0 Å². The summed E-state index contributed by atoms with van der Waals surface area (Å²) in [4.78, 5) is 10.6. The van der Waals surface area contributed by atoms with Crippen molar-refractivity contribution in [3.05, 3.63) is 182 Å². The summed E-state index contributed by atoms with van der Waals surface area (Å²) in [7, 11) is 0. The van der Waals surface area contributed by atoms with Gasteiger partial charge in [-0.15, -0.1) is 0 Å². The molecule has 0 atom stereocenters. The van der Waals surface area contributed by atoms with Gasteiger partial charge in [0.05, 0.1) is 33.1 Å². The van der Waals surface area contributed by atoms with Gasteiger partial charge in [-0.25, -0.2) is 9.97 Å². The quantitative estimate of drug-likeness (QED) is 0.188. The first kappa shape index (κ1) is 28.8. The Balaban J connectivity index is 1.21. The van der Waals surface area contributed by atoms with Crippen LogP contribution in [0.15, 0.2) is 182 Å². The molecular formula is C48H30N4. The van der Waals surface area contributed by atoms with Crippen LogP contribution >= 0.6 is 0 Å². The SMILES string of the molecule is c1ccc(-c2nc3ccccc3nc2-n2c3ccc(-c4ccc5c6ccccc6n(-c6ccccc6)c5c4)cc3c3c4ccccc4ccc32)cc1. The smallest absolute Gasteiger partial charge is 0.165 e. The molecule has 0 aliphatic rings. The van der Waals surface area contributed by atoms with Gasteiger partial charge >= 0.3 is 0 Å². The first-order valence-corrected chi connectivity index (χ1v) is 17.7. The van der Waals surface area contributed by atoms with Gasteiger partial charge in [0.1, 0.15) is 5.69 Å². The number of rotatable bonds is 4. The van der Waals surface area contributed by atoms with E-state index in [-0.39, 0.29) is 0 Å². The van der Waals surface area contributed by atoms with Gasteiger partial charge < -0.3 is 4.57 Å². The van der Waals surface area contributed by atoms with Crippen LogP contribution in [0.1, 0.15) is 0 Å². The Bertz CT molecular complexity index is 3170. The van der Waals surface area contributed by atoms with Crippen molar-refractivity contribution in [1.29, 1.82) is 0 Å². The third-order valence-corrected chi connectivity index (χ3v) is 10.5. The van der Waals surface area contributed by atoms with E-state index in [4.69, 9.17) is 9.97 Å². The fourth-order valence-electron chi connectivity index (χ4n) is 8.14. The lowest BCUT2D eigenvalue weighted by molar-refractivity contribution is 1.08. The second-order valence-corrected chi connectivity index (χ2v) is 13.4. The van der Waals surface area contributed by atoms with Crippen LogP contribution in [-0.2, 0) is 0 Å². The van der Waals surface area contributed by atoms with E-state index in [0.29, 0.717) is 0 Å². The first-order chi connectivity index (χ1) is 25.8. The molecule has 4 heteroatoms. The molecule has 0 radical (unpaired) electrons. The van der Waals surface area contributed by atoms with Gasteiger partial charge in [-0.1, -0.05) is 127 Å². The maximum Gasteiger partial charge on any atom is 0.165 e. The van der Waals surface area contributed by atoms with Gasteiger partial charge in [0, 0.05) is 32.8 Å². The van der Waals surface area contributed by atoms with Crippen molar-refractivity contribution in [2.24, 2.45) is 0 Å². The number of fused-ring (bicyclic) bond motifs is 9. The largest absolute Gasteiger partial charge is 0.309 e. The van der Waals surface area contributed by atoms with Crippen LogP contribution in [0.5, 0.6) is 0 Å². The minimum Gasteiger partial charge on any atom is -0.309 e. The zero-order valence-corrected chi connectivity index (χ0v) is 28.1. The van der Waals surface area contributed by atoms with Crippen LogP contribution in [0.25, 0.3) is 99.3 Å². The van der Waals surface area contributed by atoms with Gasteiger partial charge in [0.15, 0.2) is 5.82 Å². The van der Waals surface area contributed by atoms with Crippen LogP contribution < -0.4 is 0 Å². The number of hydrogen-bond donors (Lipinski definition) is 0. The summed E-state index contributed by atoms with van der Waals surface area (Å²) in [5.74, 6) is 0.821. The monoisotopic (exact) mass is 662 g/mol. The van der Waals surface area contributed by atoms with Crippen molar-refractivity contribution in [1.82, 2.24) is 19.1 Å². The highest BCUT2D eigenvalue weighted by atomic mass is 15.1. The molecule has 0 bridgehead atoms. The maximum absolute atomic E-state index is 5.35. The molecule has 0 saturated heterocycles. The average molecular weight is 663 g/mol. The van der Waals surface area contributed by atoms with E-state index in [1.807, 2.05) is 30.3 Å². The van der Waals surface area contributed by atoms with E-state index in [0.717, 1.165) is 44.8 Å². The van der Waals surface area contributed by atoms with Crippen molar-refractivity contribution < 1.29 is 0 Å². The van der Waals surface area contributed by atoms with Gasteiger partial charge in [-0.05, 0) is 76.5 Å². The van der Waals surface area contributed by atoms with E-state index < -0.39 is 0 Å². The molecular weight excluding hydrogens is 633 g/mol. The molecule has 0 aliphatic heterocycles. The Kier molecular flexibility index (Phi) is 6.22. The Hall–Kier alpha value is -7.04. The van der Waals surface area contributed by atoms with Gasteiger partial charge in [0.2, 0.25) is 0 Å². The summed E-state index contributed by atoms with van der Waals surface area (Å²) < 4.78 is 4.70. The Morgan fingerprint density at radius 3 is 1.81 bits per heavy atom. The fraction of sp³-hybridized carbons (Fsp3) is 0. The summed E-state index contributed by atoms with van der Waals surface area (Å²) in [6.07, 6.45) is 0. The Morgan fingerprint density at radius 1 is 0.346 bits per heavy atom. The highest BCUT2D eigenvalue weighted by molar-refractivity contribution is 6.22. The molecule has 0 spiro atoms. The molecule has 0 unspecified atom stereocenters. The Labute approximate surface area is 299 Å². The van der Waals surface area contributed by atoms with Gasteiger partial charge in [-0.3, -0.25) is 4.57 Å². The molecule has 11 aromatic rings. The summed E-state index contributed by atoms with van der Waals surface area (Å²) in [5.41, 5.74) is 11.7. The molecule has 0 aliphatic carbocycles. The zero-order chi connectivity index (χ0) is 34.2. The highest BCUT2D eigenvalue weighted by Gasteiger charge is 2.21. The maximum atomic E-state index is 5.35. The van der Waals surface area contributed by atoms with E-state index in [1.54, 1.807) is 0 Å². The van der Waals surface area contributed by atoms with Crippen molar-refractivity contribution >= 4 is 65.4 Å². The minimum atomic E-state index is 0.821. The topological polar surface area (TPSA) is 35.6 Å². The van der Waals surface area contributed by atoms with Gasteiger partial charge in [0.25, 0.3) is 0 Å². The second kappa shape index (κ2) is 11.2. The number of hydrogen-bond acceptors (Lipinski definition) is 2. The highest BCUT2D eigenvalue weighted by Crippen LogP contribution is 2.41. The standard InChI is InChI=1S/C48H30N4/c1-3-14-32(15-4-1)47-48(50-41-21-11-10-20-40(41)49-47)52-43-27-25-33(29-39(43)46-36-18-8-7-13-31(36)24-28-44(46)52)34-23-26-38-37-19-9-12-22-42(37)51(45(38)30-34)35-16-5-2-6-17-35/h1-30H. The van der Waals surface area contributed by atoms with Crippen LogP contribution in [-0.4, -0.2) is 19.1 Å². The predicted octanol–water partition coefficient (Wildman–Crippen LogP) is 12.3. The minimum absolute atomic E-state index is 0.821. The Morgan fingerprint density at radius 2 is 0.962 bits per heavy atom. The fourth-order valence-corrected chi connectivity index (χ4v) is 8.14. The summed E-state index contributed by atoms with van der Waals surface area (Å²) in [6, 6.07) is 64.9. The van der Waals surface area contributed by atoms with Crippen molar-refractivity contribution in [3.8, 4) is 33.9 Å². The predicted molar refractivity (Wildman–Crippen MR) is 217 cm³/mol. The van der Waals surface area contributed by atoms with E-state index >= 15 is 0 Å². The van der Waals surface area contributed by atoms with Crippen LogP contribution in [0.4, 0.5) is 0 Å². The summed E-state index contributed by atoms with van der Waals surface area (Å²) in [6.45, 7) is 0. The lowest BCUT2D eigenvalue weighted by Crippen LogP contribution is -2.03. The molecule has 0 saturated carbocycles. The lowest BCUT2D eigenvalue weighted by atomic mass is 9.99. The number of aromatic nitrogens is 4. The third-order valence-electron chi connectivity index (χ3n) is 10.5. The van der Waals surface area contributed by atoms with Crippen LogP contribution in [0.3, 0.4) is 0 Å². The number of benzene rings is 8. The molecule has 242 valence electrons. The molecule has 0 fully saturated rings. The summed E-state index contributed by atoms with van der Waals surface area (Å²) >= 11 is 0. The molecule has 3 aromatic heterocycles. The first-order valence-electron chi connectivity index (χ1n) is 17.7. The van der Waals surface area contributed by atoms with Crippen molar-refractivity contribution in [2.45, 2.75) is 0 Å². The molecule has 52 heavy (non-hydrogen) atoms. The molecule has 0 N–H and O–H groups in total. The molecule has 8 aromatic carbocycles. The third kappa shape index (κ3) is 4.28. The number of nitrogens with zero attached hydrogens (tertiary/aromatic N) is 4. The average Bonchev–Trinajstić information content (AvgIpc) is 3.73. The number of para-hydroxylation sites is 4. The van der Waals surface area contributed by atoms with Crippen LogP contribution in [0.2, 0.25) is 0 Å². The molecule has 0 amide bonds. The lowest BCUT2D eigenvalue weighted by Gasteiger charge is -2.14. The normalized spacial score (nSPS) is 11.8. The van der Waals surface area contributed by atoms with E-state index in [1.165, 1.54) is 54.5 Å².